The Morgan fingerprint density at radius 1 is 1.50 bits per heavy atom. The van der Waals surface area contributed by atoms with Crippen molar-refractivity contribution in [3.05, 3.63) is 35.9 Å². The second kappa shape index (κ2) is 4.16. The largest absolute Gasteiger partial charge is 0.508 e. The molecule has 18 heavy (non-hydrogen) atoms. The van der Waals surface area contributed by atoms with Crippen LogP contribution in [0.1, 0.15) is 36.3 Å². The van der Waals surface area contributed by atoms with Gasteiger partial charge < -0.3 is 9.84 Å². The Balaban J connectivity index is 1.97. The molecule has 0 radical (unpaired) electrons. The number of rotatable bonds is 2. The number of allylic oxidation sites excluding steroid dienone is 1. The lowest BCUT2D eigenvalue weighted by atomic mass is 9.82. The molecule has 2 atom stereocenters. The lowest BCUT2D eigenvalue weighted by Gasteiger charge is -2.22. The number of aromatic hydroxyl groups is 1. The van der Waals surface area contributed by atoms with Crippen molar-refractivity contribution in [2.45, 2.75) is 37.7 Å². The highest BCUT2D eigenvalue weighted by Gasteiger charge is 2.39. The van der Waals surface area contributed by atoms with Crippen LogP contribution in [0.3, 0.4) is 0 Å². The van der Waals surface area contributed by atoms with Gasteiger partial charge in [-0.25, -0.2) is 0 Å². The van der Waals surface area contributed by atoms with Crippen molar-refractivity contribution in [1.29, 1.82) is 0 Å². The number of Topliss-reactive ketones (excluding diaryl/α,β-unsaturated/α-hetero) is 1. The summed E-state index contributed by atoms with van der Waals surface area (Å²) < 4.78 is 5.86. The lowest BCUT2D eigenvalue weighted by molar-refractivity contribution is -0.122. The summed E-state index contributed by atoms with van der Waals surface area (Å²) in [5, 5.41) is 9.98. The number of hydrogen-bond acceptors (Lipinski definition) is 3. The second-order valence-electron chi connectivity index (χ2n) is 5.06. The molecule has 0 aromatic heterocycles. The van der Waals surface area contributed by atoms with Gasteiger partial charge in [0.2, 0.25) is 0 Å². The van der Waals surface area contributed by atoms with Gasteiger partial charge in [-0.1, -0.05) is 6.08 Å². The van der Waals surface area contributed by atoms with Crippen LogP contribution in [-0.2, 0) is 11.2 Å². The van der Waals surface area contributed by atoms with Gasteiger partial charge in [-0.15, -0.1) is 6.58 Å². The Morgan fingerprint density at radius 3 is 3.11 bits per heavy atom. The molecule has 1 aromatic rings. The summed E-state index contributed by atoms with van der Waals surface area (Å²) in [6, 6.07) is 3.68. The molecule has 0 spiro atoms. The maximum Gasteiger partial charge on any atom is 0.136 e. The zero-order valence-electron chi connectivity index (χ0n) is 10.2. The monoisotopic (exact) mass is 244 g/mol. The standard InChI is InChI=1S/C15H16O3/c1-2-3-9-6-14-12(8-13(9)17)11-5-4-10(16)7-15(11)18-14/h2,6,8,11,15,17H,1,3-5,7H2. The predicted octanol–water partition coefficient (Wildman–Crippen LogP) is 2.72. The molecule has 1 aliphatic carbocycles. The number of hydrogen-bond donors (Lipinski definition) is 1. The fourth-order valence-electron chi connectivity index (χ4n) is 2.95. The van der Waals surface area contributed by atoms with Gasteiger partial charge in [0.25, 0.3) is 0 Å². The van der Waals surface area contributed by atoms with E-state index in [4.69, 9.17) is 4.74 Å². The van der Waals surface area contributed by atoms with Crippen molar-refractivity contribution in [3.8, 4) is 11.5 Å². The van der Waals surface area contributed by atoms with Crippen molar-refractivity contribution in [3.63, 3.8) is 0 Å². The van der Waals surface area contributed by atoms with Crippen LogP contribution in [0.2, 0.25) is 0 Å². The van der Waals surface area contributed by atoms with Gasteiger partial charge in [0, 0.05) is 29.9 Å². The molecule has 0 amide bonds. The van der Waals surface area contributed by atoms with E-state index in [1.165, 1.54) is 0 Å². The third kappa shape index (κ3) is 1.70. The summed E-state index contributed by atoms with van der Waals surface area (Å²) >= 11 is 0. The van der Waals surface area contributed by atoms with Crippen molar-refractivity contribution in [2.75, 3.05) is 0 Å². The maximum atomic E-state index is 11.5. The molecule has 2 aliphatic rings. The summed E-state index contributed by atoms with van der Waals surface area (Å²) in [4.78, 5) is 11.5. The molecule has 0 saturated heterocycles. The van der Waals surface area contributed by atoms with Crippen molar-refractivity contribution < 1.29 is 14.6 Å². The van der Waals surface area contributed by atoms with Gasteiger partial charge in [-0.2, -0.15) is 0 Å². The Hall–Kier alpha value is -1.77. The lowest BCUT2D eigenvalue weighted by Crippen LogP contribution is -2.27. The first-order valence-electron chi connectivity index (χ1n) is 6.34. The number of carbonyl (C=O) groups excluding carboxylic acids is 1. The Bertz CT molecular complexity index is 519. The zero-order chi connectivity index (χ0) is 12.7. The van der Waals surface area contributed by atoms with Crippen molar-refractivity contribution in [2.24, 2.45) is 0 Å². The molecule has 1 aromatic carbocycles. The van der Waals surface area contributed by atoms with Crippen LogP contribution in [0.25, 0.3) is 0 Å². The second-order valence-corrected chi connectivity index (χ2v) is 5.06. The number of ketones is 1. The maximum absolute atomic E-state index is 11.5. The highest BCUT2D eigenvalue weighted by atomic mass is 16.5. The molecular formula is C15H16O3. The van der Waals surface area contributed by atoms with Crippen LogP contribution in [-0.4, -0.2) is 17.0 Å². The van der Waals surface area contributed by atoms with Gasteiger partial charge in [0.1, 0.15) is 23.4 Å². The zero-order valence-corrected chi connectivity index (χ0v) is 10.2. The van der Waals surface area contributed by atoms with E-state index in [9.17, 15) is 9.90 Å². The molecule has 94 valence electrons. The van der Waals surface area contributed by atoms with E-state index < -0.39 is 0 Å². The molecular weight excluding hydrogens is 228 g/mol. The van der Waals surface area contributed by atoms with Gasteiger partial charge in [-0.05, 0) is 25.0 Å². The normalized spacial score (nSPS) is 25.2. The minimum Gasteiger partial charge on any atom is -0.508 e. The highest BCUT2D eigenvalue weighted by Crippen LogP contribution is 2.46. The van der Waals surface area contributed by atoms with Crippen LogP contribution in [0.4, 0.5) is 0 Å². The molecule has 3 heteroatoms. The van der Waals surface area contributed by atoms with Crippen LogP contribution in [0.15, 0.2) is 24.8 Å². The molecule has 2 unspecified atom stereocenters. The quantitative estimate of drug-likeness (QED) is 0.814. The summed E-state index contributed by atoms with van der Waals surface area (Å²) in [7, 11) is 0. The number of phenols is 1. The van der Waals surface area contributed by atoms with E-state index in [2.05, 4.69) is 6.58 Å². The van der Waals surface area contributed by atoms with Gasteiger partial charge in [0.15, 0.2) is 0 Å². The molecule has 1 N–H and O–H groups in total. The summed E-state index contributed by atoms with van der Waals surface area (Å²) in [5.41, 5.74) is 1.88. The summed E-state index contributed by atoms with van der Waals surface area (Å²) in [5.74, 6) is 1.67. The van der Waals surface area contributed by atoms with E-state index in [0.29, 0.717) is 25.0 Å². The molecule has 1 saturated carbocycles. The van der Waals surface area contributed by atoms with Crippen LogP contribution in [0.5, 0.6) is 11.5 Å². The first-order valence-corrected chi connectivity index (χ1v) is 6.34. The average molecular weight is 244 g/mol. The number of ether oxygens (including phenoxy) is 1. The third-order valence-corrected chi connectivity index (χ3v) is 3.86. The molecule has 3 rings (SSSR count). The van der Waals surface area contributed by atoms with Gasteiger partial charge in [-0.3, -0.25) is 4.79 Å². The van der Waals surface area contributed by atoms with Gasteiger partial charge in [0.05, 0.1) is 0 Å². The fourth-order valence-corrected chi connectivity index (χ4v) is 2.95. The third-order valence-electron chi connectivity index (χ3n) is 3.86. The Morgan fingerprint density at radius 2 is 2.33 bits per heavy atom. The average Bonchev–Trinajstić information content (AvgIpc) is 2.66. The van der Waals surface area contributed by atoms with Crippen LogP contribution < -0.4 is 4.74 Å². The SMILES string of the molecule is C=CCc1cc2c(cc1O)C1CCC(=O)CC1O2. The van der Waals surface area contributed by atoms with Gasteiger partial charge >= 0.3 is 0 Å². The smallest absolute Gasteiger partial charge is 0.136 e. The van der Waals surface area contributed by atoms with E-state index in [1.54, 1.807) is 12.1 Å². The van der Waals surface area contributed by atoms with Crippen LogP contribution in [0, 0.1) is 0 Å². The number of benzene rings is 1. The minimum absolute atomic E-state index is 0.0281. The van der Waals surface area contributed by atoms with Crippen molar-refractivity contribution >= 4 is 5.78 Å². The van der Waals surface area contributed by atoms with E-state index >= 15 is 0 Å². The minimum atomic E-state index is -0.0281. The van der Waals surface area contributed by atoms with Crippen molar-refractivity contribution in [1.82, 2.24) is 0 Å². The topological polar surface area (TPSA) is 46.5 Å². The molecule has 1 aliphatic heterocycles. The molecule has 0 bridgehead atoms. The number of phenolic OH excluding ortho intramolecular Hbond substituents is 1. The fraction of sp³-hybridized carbons (Fsp3) is 0.400. The van der Waals surface area contributed by atoms with E-state index in [-0.39, 0.29) is 17.8 Å². The highest BCUT2D eigenvalue weighted by molar-refractivity contribution is 5.80. The summed E-state index contributed by atoms with van der Waals surface area (Å²) in [6.45, 7) is 3.68. The number of fused-ring (bicyclic) bond motifs is 3. The molecule has 3 nitrogen and oxygen atoms in total. The van der Waals surface area contributed by atoms with E-state index in [0.717, 1.165) is 23.3 Å². The molecule has 1 heterocycles. The number of carbonyl (C=O) groups is 1. The first-order chi connectivity index (χ1) is 8.69. The van der Waals surface area contributed by atoms with E-state index in [1.807, 2.05) is 6.07 Å². The Kier molecular flexibility index (Phi) is 2.62. The first kappa shape index (κ1) is 11.3. The predicted molar refractivity (Wildman–Crippen MR) is 68.0 cm³/mol. The van der Waals surface area contributed by atoms with Crippen LogP contribution >= 0.6 is 0 Å². The molecule has 1 fully saturated rings. The summed E-state index contributed by atoms with van der Waals surface area (Å²) in [6.07, 6.45) is 4.30. The Labute approximate surface area is 106 Å².